The lowest BCUT2D eigenvalue weighted by Crippen LogP contribution is -2.51. The highest BCUT2D eigenvalue weighted by Crippen LogP contribution is 2.67. The molecule has 1 aromatic rings. The molecular weight excluding hydrogens is 500 g/mol. The number of aliphatic hydroxyl groups is 1. The lowest BCUT2D eigenvalue weighted by atomic mass is 9.51. The van der Waals surface area contributed by atoms with Crippen LogP contribution in [0.2, 0.25) is 0 Å². The number of hydrogen-bond donors (Lipinski definition) is 2. The highest BCUT2D eigenvalue weighted by atomic mass is 16.5. The zero-order chi connectivity index (χ0) is 28.8. The Balaban J connectivity index is 1.44. The monoisotopic (exact) mass is 548 g/mol. The number of fused-ring (bicyclic) bond motifs is 4. The Kier molecular flexibility index (Phi) is 8.06. The molecule has 218 valence electrons. The van der Waals surface area contributed by atoms with Crippen LogP contribution in [0.3, 0.4) is 0 Å². The summed E-state index contributed by atoms with van der Waals surface area (Å²) in [6.45, 7) is 6.45. The summed E-state index contributed by atoms with van der Waals surface area (Å²) < 4.78 is 5.49. The molecule has 5 rings (SSSR count). The molecule has 2 saturated carbocycles. The van der Waals surface area contributed by atoms with Gasteiger partial charge in [-0.25, -0.2) is 0 Å². The second-order valence-corrected chi connectivity index (χ2v) is 13.6. The third-order valence-corrected chi connectivity index (χ3v) is 10.8. The van der Waals surface area contributed by atoms with E-state index < -0.39 is 11.6 Å². The molecule has 6 heteroatoms. The van der Waals surface area contributed by atoms with Gasteiger partial charge in [0.05, 0.1) is 12.2 Å². The number of ketones is 1. The van der Waals surface area contributed by atoms with Crippen LogP contribution in [0.1, 0.15) is 90.0 Å². The van der Waals surface area contributed by atoms with E-state index in [1.165, 1.54) is 22.4 Å². The van der Waals surface area contributed by atoms with Gasteiger partial charge in [-0.3, -0.25) is 9.59 Å². The smallest absolute Gasteiger partial charge is 0.323 e. The number of rotatable bonds is 8. The molecule has 40 heavy (non-hydrogen) atoms. The van der Waals surface area contributed by atoms with Gasteiger partial charge in [0, 0.05) is 37.5 Å². The minimum Gasteiger partial charge on any atom is -0.465 e. The van der Waals surface area contributed by atoms with E-state index in [0.29, 0.717) is 37.7 Å². The number of nitrogens with two attached hydrogens (primary N) is 1. The zero-order valence-electron chi connectivity index (χ0n) is 25.0. The van der Waals surface area contributed by atoms with Gasteiger partial charge in [-0.15, -0.1) is 0 Å². The quantitative estimate of drug-likeness (QED) is 0.320. The van der Waals surface area contributed by atoms with Gasteiger partial charge >= 0.3 is 5.97 Å². The fraction of sp³-hybridized carbons (Fsp3) is 0.647. The fourth-order valence-corrected chi connectivity index (χ4v) is 8.37. The van der Waals surface area contributed by atoms with Crippen molar-refractivity contribution >= 4 is 17.4 Å². The molecular formula is C34H48N2O4. The third kappa shape index (κ3) is 5.07. The first-order valence-electron chi connectivity index (χ1n) is 15.3. The van der Waals surface area contributed by atoms with E-state index in [0.717, 1.165) is 38.5 Å². The molecule has 0 saturated heterocycles. The first-order chi connectivity index (χ1) is 18.9. The van der Waals surface area contributed by atoms with Crippen LogP contribution in [-0.4, -0.2) is 49.2 Å². The van der Waals surface area contributed by atoms with Gasteiger partial charge in [-0.05, 0) is 104 Å². The van der Waals surface area contributed by atoms with E-state index in [1.54, 1.807) is 5.57 Å². The van der Waals surface area contributed by atoms with Gasteiger partial charge in [-0.2, -0.15) is 0 Å². The van der Waals surface area contributed by atoms with Gasteiger partial charge in [-0.1, -0.05) is 38.5 Å². The van der Waals surface area contributed by atoms with Crippen LogP contribution in [0.15, 0.2) is 47.1 Å². The Morgan fingerprint density at radius 2 is 1.88 bits per heavy atom. The van der Waals surface area contributed by atoms with Crippen molar-refractivity contribution in [1.29, 1.82) is 0 Å². The number of carbonyl (C=O) groups excluding carboxylic acids is 2. The average Bonchev–Trinajstić information content (AvgIpc) is 3.19. The highest BCUT2D eigenvalue weighted by Gasteiger charge is 2.62. The van der Waals surface area contributed by atoms with Crippen LogP contribution < -0.4 is 10.6 Å². The molecule has 0 bridgehead atoms. The van der Waals surface area contributed by atoms with Crippen LogP contribution >= 0.6 is 0 Å². The number of anilines is 1. The summed E-state index contributed by atoms with van der Waals surface area (Å²) in [6.07, 6.45) is 9.30. The van der Waals surface area contributed by atoms with Gasteiger partial charge in [0.2, 0.25) is 0 Å². The maximum absolute atomic E-state index is 12.3. The minimum absolute atomic E-state index is 0.0357. The molecule has 0 amide bonds. The number of nitrogens with zero attached hydrogens (tertiary/aromatic N) is 1. The van der Waals surface area contributed by atoms with Gasteiger partial charge in [0.25, 0.3) is 0 Å². The molecule has 0 spiro atoms. The standard InChI is InChI=1S/C34H48N2O4/c1-21(2)31(35)32(38)40-18-6-16-34(39)17-15-29-27-13-9-23-19-25(37)12-14-26(23)30(27)28(20-33(29,34)3)22-7-10-24(11-8-22)36(4)5/h7-8,10-11,19,21,27-29,31,39H,6,9,12-18,20,35H2,1-5H3/t27-,28+,29-,31?,33+,34+/m0/s1. The molecule has 1 aromatic carbocycles. The predicted molar refractivity (Wildman–Crippen MR) is 159 cm³/mol. The van der Waals surface area contributed by atoms with E-state index >= 15 is 0 Å². The number of esters is 1. The normalized spacial score (nSPS) is 32.2. The number of benzene rings is 1. The summed E-state index contributed by atoms with van der Waals surface area (Å²) in [5.41, 5.74) is 11.6. The van der Waals surface area contributed by atoms with E-state index in [2.05, 4.69) is 50.2 Å². The maximum atomic E-state index is 12.3. The van der Waals surface area contributed by atoms with Crippen LogP contribution in [0.4, 0.5) is 5.69 Å². The number of carbonyl (C=O) groups is 2. The van der Waals surface area contributed by atoms with Crippen molar-refractivity contribution in [1.82, 2.24) is 0 Å². The third-order valence-electron chi connectivity index (χ3n) is 10.8. The van der Waals surface area contributed by atoms with Gasteiger partial charge < -0.3 is 20.5 Å². The van der Waals surface area contributed by atoms with Gasteiger partial charge in [0.15, 0.2) is 5.78 Å². The number of ether oxygens (including phenoxy) is 1. The first-order valence-corrected chi connectivity index (χ1v) is 15.3. The van der Waals surface area contributed by atoms with Crippen LogP contribution in [-0.2, 0) is 14.3 Å². The van der Waals surface area contributed by atoms with E-state index in [1.807, 2.05) is 19.9 Å². The maximum Gasteiger partial charge on any atom is 0.323 e. The van der Waals surface area contributed by atoms with Crippen molar-refractivity contribution in [2.75, 3.05) is 25.6 Å². The molecule has 0 heterocycles. The molecule has 6 atom stereocenters. The van der Waals surface area contributed by atoms with Crippen molar-refractivity contribution in [3.63, 3.8) is 0 Å². The van der Waals surface area contributed by atoms with Crippen molar-refractivity contribution in [2.24, 2.45) is 28.9 Å². The summed E-state index contributed by atoms with van der Waals surface area (Å²) in [6, 6.07) is 8.33. The molecule has 0 aliphatic heterocycles. The zero-order valence-corrected chi connectivity index (χ0v) is 25.0. The van der Waals surface area contributed by atoms with Crippen molar-refractivity contribution in [3.8, 4) is 0 Å². The lowest BCUT2D eigenvalue weighted by Gasteiger charge is -2.55. The first kappa shape index (κ1) is 29.1. The Morgan fingerprint density at radius 3 is 2.55 bits per heavy atom. The molecule has 1 unspecified atom stereocenters. The summed E-state index contributed by atoms with van der Waals surface area (Å²) in [5, 5.41) is 12.3. The van der Waals surface area contributed by atoms with Crippen molar-refractivity contribution < 1.29 is 19.4 Å². The number of hydrogen-bond acceptors (Lipinski definition) is 6. The largest absolute Gasteiger partial charge is 0.465 e. The van der Waals surface area contributed by atoms with E-state index in [-0.39, 0.29) is 29.0 Å². The minimum atomic E-state index is -0.805. The van der Waals surface area contributed by atoms with Crippen LogP contribution in [0.25, 0.3) is 0 Å². The SMILES string of the molecule is CC(C)C(N)C(=O)OCCC[C@@]1(O)CC[C@H]2[C@@H]3CCC4=CC(=O)CCC4=C3[C@@H](c3ccc(N(C)C)cc3)C[C@]21C. The lowest BCUT2D eigenvalue weighted by molar-refractivity contribution is -0.147. The second-order valence-electron chi connectivity index (χ2n) is 13.6. The van der Waals surface area contributed by atoms with Crippen LogP contribution in [0, 0.1) is 23.2 Å². The summed E-state index contributed by atoms with van der Waals surface area (Å²) in [4.78, 5) is 26.7. The summed E-state index contributed by atoms with van der Waals surface area (Å²) in [7, 11) is 4.12. The summed E-state index contributed by atoms with van der Waals surface area (Å²) in [5.74, 6) is 0.997. The highest BCUT2D eigenvalue weighted by molar-refractivity contribution is 5.93. The Morgan fingerprint density at radius 1 is 1.15 bits per heavy atom. The van der Waals surface area contributed by atoms with Crippen molar-refractivity contribution in [2.45, 2.75) is 96.1 Å². The van der Waals surface area contributed by atoms with Crippen molar-refractivity contribution in [3.05, 3.63) is 52.6 Å². The second kappa shape index (κ2) is 11.1. The van der Waals surface area contributed by atoms with E-state index in [9.17, 15) is 14.7 Å². The van der Waals surface area contributed by atoms with Gasteiger partial charge in [0.1, 0.15) is 6.04 Å². The summed E-state index contributed by atoms with van der Waals surface area (Å²) >= 11 is 0. The molecule has 2 fully saturated rings. The topological polar surface area (TPSA) is 92.9 Å². The fourth-order valence-electron chi connectivity index (χ4n) is 8.37. The van der Waals surface area contributed by atoms with E-state index in [4.69, 9.17) is 10.5 Å². The van der Waals surface area contributed by atoms with Crippen LogP contribution in [0.5, 0.6) is 0 Å². The Labute approximate surface area is 240 Å². The Hall–Kier alpha value is -2.44. The molecule has 0 radical (unpaired) electrons. The molecule has 3 N–H and O–H groups in total. The Bertz CT molecular complexity index is 1200. The molecule has 0 aromatic heterocycles. The molecule has 4 aliphatic rings. The molecule has 6 nitrogen and oxygen atoms in total. The predicted octanol–water partition coefficient (Wildman–Crippen LogP) is 5.69. The molecule has 4 aliphatic carbocycles. The average molecular weight is 549 g/mol. The number of allylic oxidation sites excluding steroid dienone is 4.